The number of aromatic nitrogens is 2. The standard InChI is InChI=1S/C13H14N4O3/c1-3-14-12-7-13(16-8-15-12)20-10-4-5-11(17(18)19)9(2)6-10/h4-8H,3H2,1-2H3,(H,14,15,16). The summed E-state index contributed by atoms with van der Waals surface area (Å²) in [6.07, 6.45) is 1.39. The van der Waals surface area contributed by atoms with Gasteiger partial charge >= 0.3 is 0 Å². The Morgan fingerprint density at radius 1 is 1.35 bits per heavy atom. The van der Waals surface area contributed by atoms with Gasteiger partial charge in [0.2, 0.25) is 5.88 Å². The molecule has 0 saturated carbocycles. The maximum absolute atomic E-state index is 10.7. The third-order valence-corrected chi connectivity index (χ3v) is 2.59. The Morgan fingerprint density at radius 2 is 2.15 bits per heavy atom. The fraction of sp³-hybridized carbons (Fsp3) is 0.231. The molecule has 2 rings (SSSR count). The second-order valence-corrected chi connectivity index (χ2v) is 4.08. The first-order chi connectivity index (χ1) is 9.60. The number of anilines is 1. The molecule has 1 N–H and O–H groups in total. The van der Waals surface area contributed by atoms with Crippen LogP contribution in [0, 0.1) is 17.0 Å². The SMILES string of the molecule is CCNc1cc(Oc2ccc([N+](=O)[O-])c(C)c2)ncn1. The van der Waals surface area contributed by atoms with Crippen LogP contribution in [0.4, 0.5) is 11.5 Å². The number of hydrogen-bond donors (Lipinski definition) is 1. The van der Waals surface area contributed by atoms with Crippen LogP contribution in [0.5, 0.6) is 11.6 Å². The molecule has 0 unspecified atom stereocenters. The molecular formula is C13H14N4O3. The molecule has 0 saturated heterocycles. The minimum Gasteiger partial charge on any atom is -0.439 e. The third kappa shape index (κ3) is 3.19. The molecule has 0 atom stereocenters. The van der Waals surface area contributed by atoms with Gasteiger partial charge in [-0.3, -0.25) is 10.1 Å². The van der Waals surface area contributed by atoms with Crippen molar-refractivity contribution in [1.29, 1.82) is 0 Å². The number of benzene rings is 1. The summed E-state index contributed by atoms with van der Waals surface area (Å²) < 4.78 is 5.57. The molecule has 2 aromatic rings. The van der Waals surface area contributed by atoms with E-state index in [1.807, 2.05) is 6.92 Å². The van der Waals surface area contributed by atoms with E-state index in [4.69, 9.17) is 4.74 Å². The maximum Gasteiger partial charge on any atom is 0.272 e. The van der Waals surface area contributed by atoms with Crippen LogP contribution in [0.2, 0.25) is 0 Å². The van der Waals surface area contributed by atoms with E-state index in [-0.39, 0.29) is 5.69 Å². The molecule has 0 fully saturated rings. The Morgan fingerprint density at radius 3 is 2.80 bits per heavy atom. The van der Waals surface area contributed by atoms with E-state index in [1.54, 1.807) is 25.1 Å². The highest BCUT2D eigenvalue weighted by Gasteiger charge is 2.11. The molecule has 7 nitrogen and oxygen atoms in total. The van der Waals surface area contributed by atoms with E-state index >= 15 is 0 Å². The van der Waals surface area contributed by atoms with Crippen molar-refractivity contribution in [2.45, 2.75) is 13.8 Å². The van der Waals surface area contributed by atoms with Crippen LogP contribution in [0.1, 0.15) is 12.5 Å². The highest BCUT2D eigenvalue weighted by Crippen LogP contribution is 2.26. The maximum atomic E-state index is 10.7. The number of aryl methyl sites for hydroxylation is 1. The predicted octanol–water partition coefficient (Wildman–Crippen LogP) is 2.92. The van der Waals surface area contributed by atoms with Gasteiger partial charge in [-0.05, 0) is 26.0 Å². The van der Waals surface area contributed by atoms with E-state index in [0.717, 1.165) is 6.54 Å². The van der Waals surface area contributed by atoms with Crippen molar-refractivity contribution in [2.24, 2.45) is 0 Å². The largest absolute Gasteiger partial charge is 0.439 e. The number of ether oxygens (including phenoxy) is 1. The predicted molar refractivity (Wildman–Crippen MR) is 74.1 cm³/mol. The Kier molecular flexibility index (Phi) is 4.09. The third-order valence-electron chi connectivity index (χ3n) is 2.59. The first kappa shape index (κ1) is 13.7. The Labute approximate surface area is 115 Å². The van der Waals surface area contributed by atoms with Crippen molar-refractivity contribution in [2.75, 3.05) is 11.9 Å². The fourth-order valence-electron chi connectivity index (χ4n) is 1.69. The van der Waals surface area contributed by atoms with Gasteiger partial charge in [0, 0.05) is 24.2 Å². The first-order valence-electron chi connectivity index (χ1n) is 6.09. The van der Waals surface area contributed by atoms with Gasteiger partial charge in [0.15, 0.2) is 0 Å². The van der Waals surface area contributed by atoms with E-state index in [1.165, 1.54) is 12.4 Å². The minimum absolute atomic E-state index is 0.0633. The lowest BCUT2D eigenvalue weighted by Crippen LogP contribution is -2.00. The molecule has 1 heterocycles. The number of nitro benzene ring substituents is 1. The number of hydrogen-bond acceptors (Lipinski definition) is 6. The van der Waals surface area contributed by atoms with Crippen molar-refractivity contribution >= 4 is 11.5 Å². The quantitative estimate of drug-likeness (QED) is 0.666. The van der Waals surface area contributed by atoms with Gasteiger partial charge in [-0.2, -0.15) is 0 Å². The first-order valence-corrected chi connectivity index (χ1v) is 6.09. The molecule has 0 aliphatic heterocycles. The Bertz CT molecular complexity index is 631. The lowest BCUT2D eigenvalue weighted by Gasteiger charge is -2.07. The molecule has 0 spiro atoms. The average molecular weight is 274 g/mol. The van der Waals surface area contributed by atoms with Crippen molar-refractivity contribution in [1.82, 2.24) is 9.97 Å². The number of nitro groups is 1. The molecule has 0 radical (unpaired) electrons. The molecule has 0 amide bonds. The minimum atomic E-state index is -0.424. The van der Waals surface area contributed by atoms with Crippen LogP contribution in [-0.4, -0.2) is 21.4 Å². The zero-order valence-corrected chi connectivity index (χ0v) is 11.2. The lowest BCUT2D eigenvalue weighted by molar-refractivity contribution is -0.385. The van der Waals surface area contributed by atoms with Crippen LogP contribution in [0.15, 0.2) is 30.6 Å². The Hall–Kier alpha value is -2.70. The van der Waals surface area contributed by atoms with Gasteiger partial charge in [0.1, 0.15) is 17.9 Å². The van der Waals surface area contributed by atoms with Gasteiger partial charge in [-0.1, -0.05) is 0 Å². The highest BCUT2D eigenvalue weighted by molar-refractivity contribution is 5.46. The van der Waals surface area contributed by atoms with Crippen molar-refractivity contribution in [3.63, 3.8) is 0 Å². The summed E-state index contributed by atoms with van der Waals surface area (Å²) in [6.45, 7) is 4.37. The number of nitrogens with one attached hydrogen (secondary N) is 1. The second-order valence-electron chi connectivity index (χ2n) is 4.08. The molecule has 1 aromatic carbocycles. The van der Waals surface area contributed by atoms with Gasteiger partial charge in [0.25, 0.3) is 5.69 Å². The smallest absolute Gasteiger partial charge is 0.272 e. The summed E-state index contributed by atoms with van der Waals surface area (Å²) >= 11 is 0. The molecule has 0 bridgehead atoms. The Balaban J connectivity index is 2.19. The van der Waals surface area contributed by atoms with Crippen LogP contribution in [-0.2, 0) is 0 Å². The fourth-order valence-corrected chi connectivity index (χ4v) is 1.69. The van der Waals surface area contributed by atoms with Crippen molar-refractivity contribution < 1.29 is 9.66 Å². The molecule has 104 valence electrons. The lowest BCUT2D eigenvalue weighted by atomic mass is 10.2. The van der Waals surface area contributed by atoms with Gasteiger partial charge in [0.05, 0.1) is 4.92 Å². The zero-order chi connectivity index (χ0) is 14.5. The summed E-state index contributed by atoms with van der Waals surface area (Å²) in [5, 5.41) is 13.8. The highest BCUT2D eigenvalue weighted by atomic mass is 16.6. The van der Waals surface area contributed by atoms with Crippen LogP contribution in [0.3, 0.4) is 0 Å². The summed E-state index contributed by atoms with van der Waals surface area (Å²) in [6, 6.07) is 6.23. The van der Waals surface area contributed by atoms with Gasteiger partial charge in [-0.25, -0.2) is 9.97 Å². The molecule has 0 aliphatic rings. The van der Waals surface area contributed by atoms with E-state index in [9.17, 15) is 10.1 Å². The normalized spacial score (nSPS) is 10.1. The van der Waals surface area contributed by atoms with E-state index in [0.29, 0.717) is 23.0 Å². The molecule has 0 aliphatic carbocycles. The summed E-state index contributed by atoms with van der Waals surface area (Å²) in [5.41, 5.74) is 0.599. The second kappa shape index (κ2) is 5.96. The van der Waals surface area contributed by atoms with Crippen molar-refractivity contribution in [3.05, 3.63) is 46.3 Å². The number of nitrogens with zero attached hydrogens (tertiary/aromatic N) is 3. The van der Waals surface area contributed by atoms with Crippen LogP contribution < -0.4 is 10.1 Å². The molecule has 7 heteroatoms. The summed E-state index contributed by atoms with van der Waals surface area (Å²) in [5.74, 6) is 1.54. The number of rotatable bonds is 5. The monoisotopic (exact) mass is 274 g/mol. The van der Waals surface area contributed by atoms with Crippen LogP contribution in [0.25, 0.3) is 0 Å². The van der Waals surface area contributed by atoms with Gasteiger partial charge in [-0.15, -0.1) is 0 Å². The summed E-state index contributed by atoms with van der Waals surface area (Å²) in [4.78, 5) is 18.4. The average Bonchev–Trinajstić information content (AvgIpc) is 2.39. The molecular weight excluding hydrogens is 260 g/mol. The van der Waals surface area contributed by atoms with Crippen LogP contribution >= 0.6 is 0 Å². The molecule has 20 heavy (non-hydrogen) atoms. The summed E-state index contributed by atoms with van der Waals surface area (Å²) in [7, 11) is 0. The van der Waals surface area contributed by atoms with E-state index < -0.39 is 4.92 Å². The topological polar surface area (TPSA) is 90.2 Å². The van der Waals surface area contributed by atoms with Gasteiger partial charge < -0.3 is 10.1 Å². The van der Waals surface area contributed by atoms with E-state index in [2.05, 4.69) is 15.3 Å². The van der Waals surface area contributed by atoms with Crippen molar-refractivity contribution in [3.8, 4) is 11.6 Å². The molecule has 1 aromatic heterocycles. The zero-order valence-electron chi connectivity index (χ0n) is 11.2.